The number of fused-ring (bicyclic) bond motifs is 4. The van der Waals surface area contributed by atoms with E-state index in [2.05, 4.69) is 6.92 Å². The highest BCUT2D eigenvalue weighted by molar-refractivity contribution is 5.92. The fourth-order valence-corrected chi connectivity index (χ4v) is 11.3. The van der Waals surface area contributed by atoms with Gasteiger partial charge in [-0.2, -0.15) is 0 Å². The van der Waals surface area contributed by atoms with Gasteiger partial charge in [-0.1, -0.05) is 20.8 Å². The van der Waals surface area contributed by atoms with Crippen molar-refractivity contribution in [3.05, 3.63) is 11.1 Å². The molecule has 18 heteroatoms. The number of epoxide rings is 3. The molecule has 0 bridgehead atoms. The molecule has 3 aliphatic carbocycles. The van der Waals surface area contributed by atoms with Crippen molar-refractivity contribution in [1.29, 1.82) is 0 Å². The first-order valence-electron chi connectivity index (χ1n) is 19.8. The van der Waals surface area contributed by atoms with Crippen LogP contribution in [0, 0.1) is 17.3 Å². The van der Waals surface area contributed by atoms with Crippen LogP contribution in [0.2, 0.25) is 0 Å². The van der Waals surface area contributed by atoms with Crippen molar-refractivity contribution in [2.45, 2.75) is 138 Å². The number of hydrogen-bond donors (Lipinski definition) is 4. The largest absolute Gasteiger partial charge is 0.463 e. The van der Waals surface area contributed by atoms with Crippen LogP contribution in [0.1, 0.15) is 65.7 Å². The van der Waals surface area contributed by atoms with Crippen LogP contribution in [0.3, 0.4) is 0 Å². The number of aliphatic hydroxyl groups excluding tert-OH is 4. The quantitative estimate of drug-likeness (QED) is 0.109. The summed E-state index contributed by atoms with van der Waals surface area (Å²) in [7, 11) is 0. The maximum atomic E-state index is 13.6. The average molecular weight is 791 g/mol. The maximum absolute atomic E-state index is 13.6. The van der Waals surface area contributed by atoms with E-state index < -0.39 is 72.2 Å². The van der Waals surface area contributed by atoms with Crippen molar-refractivity contribution >= 4 is 29.7 Å². The molecule has 4 N–H and O–H groups in total. The van der Waals surface area contributed by atoms with E-state index in [0.29, 0.717) is 12.8 Å². The summed E-state index contributed by atoms with van der Waals surface area (Å²) in [5.41, 5.74) is -0.938. The molecule has 14 atom stereocenters. The Balaban J connectivity index is 0.763. The molecule has 0 aromatic carbocycles. The summed E-state index contributed by atoms with van der Waals surface area (Å²) in [6.07, 6.45) is -8.14. The van der Waals surface area contributed by atoms with E-state index in [1.807, 2.05) is 13.8 Å². The van der Waals surface area contributed by atoms with Crippen molar-refractivity contribution in [3.8, 4) is 0 Å². The average Bonchev–Trinajstić information content (AvgIpc) is 4.11. The van der Waals surface area contributed by atoms with E-state index in [4.69, 9.17) is 33.2 Å². The van der Waals surface area contributed by atoms with Gasteiger partial charge >= 0.3 is 17.9 Å². The molecule has 0 radical (unpaired) electrons. The highest BCUT2D eigenvalue weighted by atomic mass is 16.8. The topological polar surface area (TPSA) is 247 Å². The predicted molar refractivity (Wildman–Crippen MR) is 182 cm³/mol. The van der Waals surface area contributed by atoms with Crippen LogP contribution in [-0.2, 0) is 57.1 Å². The molecule has 2 spiro atoms. The number of nitrogens with zero attached hydrogens (tertiary/aromatic N) is 2. The SMILES string of the molecule is CC(C)C12O[C@H]1[C@@H]1O[C@]13[C@]1(O[C@H]1C[C@H]1C4=C(CC[C@@]13C)C(=O)OC4)[C@@H]2OC(=O)CCC(=O)N1CCN(C(=O)CCC(=O)OC[C@H]2OC(O)[C@H](O)[C@@H](O)[C@@H]2O)CC1. The van der Waals surface area contributed by atoms with Gasteiger partial charge in [0.15, 0.2) is 18.0 Å². The third kappa shape index (κ3) is 5.32. The van der Waals surface area contributed by atoms with Crippen molar-refractivity contribution < 1.29 is 77.6 Å². The summed E-state index contributed by atoms with van der Waals surface area (Å²) >= 11 is 0. The summed E-state index contributed by atoms with van der Waals surface area (Å²) < 4.78 is 41.8. The van der Waals surface area contributed by atoms with E-state index in [9.17, 15) is 44.4 Å². The van der Waals surface area contributed by atoms with Gasteiger partial charge in [-0.25, -0.2) is 4.79 Å². The first-order valence-corrected chi connectivity index (χ1v) is 19.8. The van der Waals surface area contributed by atoms with Crippen molar-refractivity contribution in [1.82, 2.24) is 9.80 Å². The highest BCUT2D eigenvalue weighted by Gasteiger charge is 3.01. The molecule has 308 valence electrons. The molecule has 18 nitrogen and oxygen atoms in total. The molecule has 6 aliphatic heterocycles. The Morgan fingerprint density at radius 1 is 0.857 bits per heavy atom. The summed E-state index contributed by atoms with van der Waals surface area (Å²) in [4.78, 5) is 67.6. The van der Waals surface area contributed by atoms with Gasteiger partial charge in [-0.15, -0.1) is 0 Å². The standard InChI is InChI=1S/C38H50N2O16/c1-17(2)36-30(55-36)31-38(56-31)35(3)9-8-18-19(15-51-32(18)48)20(35)14-22-37(38,54-22)34(36)53-26(44)7-5-24(42)40-12-10-39(11-13-40)23(41)4-6-25(43)50-16-21-27(45)28(46)29(47)33(49)52-21/h17,20-22,27-31,33-34,45-47,49H,4-16H2,1-3H3/t20-,21+,22-,27+,28-,29+,30-,31-,33?,34+,35-,36?,37+,38+/m0/s1. The predicted octanol–water partition coefficient (Wildman–Crippen LogP) is -1.77. The molecular formula is C38H50N2O16. The van der Waals surface area contributed by atoms with Crippen LogP contribution >= 0.6 is 0 Å². The molecule has 6 heterocycles. The molecular weight excluding hydrogens is 740 g/mol. The third-order valence-corrected chi connectivity index (χ3v) is 14.5. The number of hydrogen-bond acceptors (Lipinski definition) is 16. The Morgan fingerprint density at radius 3 is 2.18 bits per heavy atom. The molecule has 9 aliphatic rings. The minimum absolute atomic E-state index is 0.00364. The fourth-order valence-electron chi connectivity index (χ4n) is 11.3. The van der Waals surface area contributed by atoms with E-state index in [0.717, 1.165) is 17.6 Å². The van der Waals surface area contributed by atoms with Gasteiger partial charge in [0.05, 0.1) is 18.9 Å². The molecule has 56 heavy (non-hydrogen) atoms. The third-order valence-electron chi connectivity index (χ3n) is 14.5. The number of ether oxygens (including phenoxy) is 7. The van der Waals surface area contributed by atoms with Gasteiger partial charge in [0.1, 0.15) is 61.0 Å². The van der Waals surface area contributed by atoms with Gasteiger partial charge in [-0.3, -0.25) is 19.2 Å². The molecule has 0 aromatic heterocycles. The molecule has 9 rings (SSSR count). The lowest BCUT2D eigenvalue weighted by atomic mass is 9.46. The second kappa shape index (κ2) is 13.1. The summed E-state index contributed by atoms with van der Waals surface area (Å²) in [6.45, 7) is 7.07. The van der Waals surface area contributed by atoms with Crippen molar-refractivity contribution in [2.24, 2.45) is 17.3 Å². The van der Waals surface area contributed by atoms with E-state index in [-0.39, 0.29) is 112 Å². The van der Waals surface area contributed by atoms with E-state index in [1.165, 1.54) is 0 Å². The molecule has 0 aromatic rings. The van der Waals surface area contributed by atoms with Crippen LogP contribution < -0.4 is 0 Å². The number of carbonyl (C=O) groups is 5. The summed E-state index contributed by atoms with van der Waals surface area (Å²) in [5, 5.41) is 39.0. The van der Waals surface area contributed by atoms with Gasteiger partial charge in [0.2, 0.25) is 11.8 Å². The smallest absolute Gasteiger partial charge is 0.334 e. The first-order chi connectivity index (χ1) is 26.6. The zero-order chi connectivity index (χ0) is 39.7. The maximum Gasteiger partial charge on any atom is 0.334 e. The fraction of sp³-hybridized carbons (Fsp3) is 0.816. The van der Waals surface area contributed by atoms with Gasteiger partial charge in [0.25, 0.3) is 0 Å². The van der Waals surface area contributed by atoms with Crippen LogP contribution in [0.15, 0.2) is 11.1 Å². The number of piperazine rings is 1. The van der Waals surface area contributed by atoms with Crippen LogP contribution in [0.4, 0.5) is 0 Å². The van der Waals surface area contributed by atoms with Crippen LogP contribution in [0.5, 0.6) is 0 Å². The zero-order valence-electron chi connectivity index (χ0n) is 31.6. The minimum Gasteiger partial charge on any atom is -0.463 e. The monoisotopic (exact) mass is 790 g/mol. The number of carbonyl (C=O) groups excluding carboxylic acids is 5. The second-order valence-corrected chi connectivity index (χ2v) is 17.4. The number of esters is 3. The van der Waals surface area contributed by atoms with E-state index >= 15 is 0 Å². The summed E-state index contributed by atoms with van der Waals surface area (Å²) in [5.74, 6) is -2.04. The highest BCUT2D eigenvalue weighted by Crippen LogP contribution is 2.83. The molecule has 5 saturated heterocycles. The van der Waals surface area contributed by atoms with Gasteiger partial charge in [0, 0.05) is 50.0 Å². The normalized spacial score (nSPS) is 45.3. The Labute approximate surface area is 322 Å². The Hall–Kier alpha value is -3.23. The zero-order valence-corrected chi connectivity index (χ0v) is 31.6. The Bertz CT molecular complexity index is 1750. The van der Waals surface area contributed by atoms with Crippen LogP contribution in [0.25, 0.3) is 0 Å². The van der Waals surface area contributed by atoms with Gasteiger partial charge in [-0.05, 0) is 36.7 Å². The molecule has 7 fully saturated rings. The van der Waals surface area contributed by atoms with Crippen LogP contribution in [-0.4, -0.2) is 171 Å². The first kappa shape index (κ1) is 38.3. The Kier molecular flexibility index (Phi) is 8.99. The van der Waals surface area contributed by atoms with Gasteiger partial charge < -0.3 is 63.4 Å². The lowest BCUT2D eigenvalue weighted by molar-refractivity contribution is -0.287. The molecule has 2 amide bonds. The molecule has 2 unspecified atom stereocenters. The number of aliphatic hydroxyl groups is 4. The minimum atomic E-state index is -1.76. The Morgan fingerprint density at radius 2 is 1.52 bits per heavy atom. The number of cyclic esters (lactones) is 1. The van der Waals surface area contributed by atoms with E-state index in [1.54, 1.807) is 9.80 Å². The summed E-state index contributed by atoms with van der Waals surface area (Å²) in [6, 6.07) is 0. The second-order valence-electron chi connectivity index (χ2n) is 17.4. The van der Waals surface area contributed by atoms with Crippen molar-refractivity contribution in [2.75, 3.05) is 39.4 Å². The lowest BCUT2D eigenvalue weighted by Gasteiger charge is -2.53. The number of rotatable bonds is 10. The molecule has 2 saturated carbocycles. The van der Waals surface area contributed by atoms with Crippen molar-refractivity contribution in [3.63, 3.8) is 0 Å². The lowest BCUT2D eigenvalue weighted by Crippen LogP contribution is -2.70. The number of amides is 2.